The highest BCUT2D eigenvalue weighted by atomic mass is 16.5. The fraction of sp³-hybridized carbons (Fsp3) is 0.167. The summed E-state index contributed by atoms with van der Waals surface area (Å²) in [5, 5.41) is 7.56. The van der Waals surface area contributed by atoms with Gasteiger partial charge in [0.25, 0.3) is 0 Å². The average Bonchev–Trinajstić information content (AvgIpc) is 2.32. The van der Waals surface area contributed by atoms with Gasteiger partial charge in [0.15, 0.2) is 0 Å². The Labute approximate surface area is 99.8 Å². The lowest BCUT2D eigenvalue weighted by Gasteiger charge is -2.13. The monoisotopic (exact) mass is 230 g/mol. The molecule has 1 heterocycles. The second-order valence-electron chi connectivity index (χ2n) is 3.79. The highest BCUT2D eigenvalue weighted by molar-refractivity contribution is 5.50. The van der Waals surface area contributed by atoms with E-state index in [0.29, 0.717) is 11.7 Å². The molecule has 0 saturated carbocycles. The van der Waals surface area contributed by atoms with Gasteiger partial charge in [-0.05, 0) is 18.2 Å². The molecule has 5 nitrogen and oxygen atoms in total. The third kappa shape index (κ3) is 2.84. The second kappa shape index (κ2) is 4.69. The zero-order valence-corrected chi connectivity index (χ0v) is 9.79. The van der Waals surface area contributed by atoms with Gasteiger partial charge in [0.1, 0.15) is 11.6 Å². The molecule has 1 aromatic heterocycles. The van der Waals surface area contributed by atoms with Crippen LogP contribution in [-0.4, -0.2) is 24.3 Å². The summed E-state index contributed by atoms with van der Waals surface area (Å²) in [5.74, 6) is 1.52. The number of ether oxygens (including phenoxy) is 1. The minimum absolute atomic E-state index is 0.374. The first kappa shape index (κ1) is 11.2. The van der Waals surface area contributed by atoms with Gasteiger partial charge in [-0.1, -0.05) is 6.07 Å². The number of hydrogen-bond acceptors (Lipinski definition) is 5. The molecule has 0 aliphatic rings. The molecule has 2 rings (SSSR count). The van der Waals surface area contributed by atoms with Gasteiger partial charge in [0.2, 0.25) is 5.88 Å². The quantitative estimate of drug-likeness (QED) is 0.872. The maximum atomic E-state index is 5.57. The van der Waals surface area contributed by atoms with Crippen LogP contribution in [0.15, 0.2) is 36.4 Å². The number of hydrogen-bond donors (Lipinski definition) is 1. The molecule has 0 atom stereocenters. The van der Waals surface area contributed by atoms with E-state index in [2.05, 4.69) is 10.2 Å². The number of rotatable bonds is 3. The van der Waals surface area contributed by atoms with E-state index in [1.165, 1.54) is 0 Å². The molecular formula is C12H14N4O. The van der Waals surface area contributed by atoms with Crippen LogP contribution in [-0.2, 0) is 0 Å². The molecule has 0 unspecified atom stereocenters. The van der Waals surface area contributed by atoms with Crippen LogP contribution in [0, 0.1) is 0 Å². The molecule has 0 saturated heterocycles. The van der Waals surface area contributed by atoms with Crippen LogP contribution < -0.4 is 15.4 Å². The van der Waals surface area contributed by atoms with E-state index >= 15 is 0 Å². The fourth-order valence-corrected chi connectivity index (χ4v) is 1.33. The van der Waals surface area contributed by atoms with E-state index in [4.69, 9.17) is 10.5 Å². The van der Waals surface area contributed by atoms with E-state index in [0.717, 1.165) is 11.4 Å². The fourth-order valence-electron chi connectivity index (χ4n) is 1.33. The lowest BCUT2D eigenvalue weighted by molar-refractivity contribution is 0.456. The first-order chi connectivity index (χ1) is 8.15. The van der Waals surface area contributed by atoms with Crippen molar-refractivity contribution in [1.82, 2.24) is 10.2 Å². The largest absolute Gasteiger partial charge is 0.437 e. The van der Waals surface area contributed by atoms with Crippen molar-refractivity contribution in [2.45, 2.75) is 0 Å². The van der Waals surface area contributed by atoms with Crippen molar-refractivity contribution in [1.29, 1.82) is 0 Å². The summed E-state index contributed by atoms with van der Waals surface area (Å²) in [7, 11) is 3.95. The molecule has 0 fully saturated rings. The average molecular weight is 230 g/mol. The summed E-state index contributed by atoms with van der Waals surface area (Å²) in [4.78, 5) is 2.00. The summed E-state index contributed by atoms with van der Waals surface area (Å²) >= 11 is 0. The van der Waals surface area contributed by atoms with Crippen molar-refractivity contribution in [3.8, 4) is 11.6 Å². The zero-order chi connectivity index (χ0) is 12.3. The second-order valence-corrected chi connectivity index (χ2v) is 3.79. The first-order valence-electron chi connectivity index (χ1n) is 5.19. The van der Waals surface area contributed by atoms with Gasteiger partial charge < -0.3 is 15.4 Å². The number of anilines is 2. The van der Waals surface area contributed by atoms with Crippen LogP contribution in [0.1, 0.15) is 0 Å². The Morgan fingerprint density at radius 2 is 1.94 bits per heavy atom. The Morgan fingerprint density at radius 1 is 1.12 bits per heavy atom. The van der Waals surface area contributed by atoms with Gasteiger partial charge >= 0.3 is 0 Å². The summed E-state index contributed by atoms with van der Waals surface area (Å²) in [6, 6.07) is 11.1. The number of nitrogens with zero attached hydrogens (tertiary/aromatic N) is 3. The van der Waals surface area contributed by atoms with Crippen molar-refractivity contribution in [2.75, 3.05) is 24.7 Å². The predicted octanol–water partition coefficient (Wildman–Crippen LogP) is 1.92. The summed E-state index contributed by atoms with van der Waals surface area (Å²) in [6.45, 7) is 0. The molecule has 88 valence electrons. The number of benzene rings is 1. The molecule has 0 bridgehead atoms. The number of aromatic nitrogens is 2. The van der Waals surface area contributed by atoms with Gasteiger partial charge in [0.05, 0.1) is 0 Å². The maximum absolute atomic E-state index is 5.57. The summed E-state index contributed by atoms with van der Waals surface area (Å²) in [5.41, 5.74) is 6.51. The van der Waals surface area contributed by atoms with E-state index in [9.17, 15) is 0 Å². The highest BCUT2D eigenvalue weighted by Crippen LogP contribution is 2.23. The van der Waals surface area contributed by atoms with Crippen molar-refractivity contribution in [3.63, 3.8) is 0 Å². The predicted molar refractivity (Wildman–Crippen MR) is 67.3 cm³/mol. The molecule has 1 aromatic carbocycles. The molecule has 0 spiro atoms. The van der Waals surface area contributed by atoms with Crippen LogP contribution >= 0.6 is 0 Å². The zero-order valence-electron chi connectivity index (χ0n) is 9.79. The molecule has 0 aliphatic heterocycles. The van der Waals surface area contributed by atoms with Gasteiger partial charge in [-0.25, -0.2) is 0 Å². The van der Waals surface area contributed by atoms with Crippen molar-refractivity contribution >= 4 is 11.5 Å². The van der Waals surface area contributed by atoms with Gasteiger partial charge in [0, 0.05) is 31.9 Å². The van der Waals surface area contributed by atoms with Gasteiger partial charge in [-0.15, -0.1) is 10.2 Å². The Kier molecular flexibility index (Phi) is 3.09. The van der Waals surface area contributed by atoms with E-state index < -0.39 is 0 Å². The standard InChI is InChI=1S/C12H14N4O/c1-16(2)9-4-3-5-10(8-9)17-12-7-6-11(13)14-15-12/h3-8H,1-2H3,(H2,13,14). The van der Waals surface area contributed by atoms with Crippen LogP contribution in [0.25, 0.3) is 0 Å². The Balaban J connectivity index is 2.18. The third-order valence-electron chi connectivity index (χ3n) is 2.22. The third-order valence-corrected chi connectivity index (χ3v) is 2.22. The SMILES string of the molecule is CN(C)c1cccc(Oc2ccc(N)nn2)c1. The molecule has 0 aliphatic carbocycles. The normalized spacial score (nSPS) is 10.0. The minimum Gasteiger partial charge on any atom is -0.437 e. The van der Waals surface area contributed by atoms with Gasteiger partial charge in [-0.2, -0.15) is 0 Å². The van der Waals surface area contributed by atoms with Crippen molar-refractivity contribution in [3.05, 3.63) is 36.4 Å². The molecule has 2 N–H and O–H groups in total. The smallest absolute Gasteiger partial charge is 0.238 e. The van der Waals surface area contributed by atoms with Crippen LogP contribution in [0.2, 0.25) is 0 Å². The molecule has 17 heavy (non-hydrogen) atoms. The van der Waals surface area contributed by atoms with Crippen LogP contribution in [0.5, 0.6) is 11.6 Å². The van der Waals surface area contributed by atoms with Crippen molar-refractivity contribution < 1.29 is 4.74 Å². The highest BCUT2D eigenvalue weighted by Gasteiger charge is 2.01. The molecular weight excluding hydrogens is 216 g/mol. The Bertz CT molecular complexity index is 496. The Hall–Kier alpha value is -2.30. The summed E-state index contributed by atoms with van der Waals surface area (Å²) in [6.07, 6.45) is 0. The van der Waals surface area contributed by atoms with Crippen molar-refractivity contribution in [2.24, 2.45) is 0 Å². The number of nitrogen functional groups attached to an aromatic ring is 1. The van der Waals surface area contributed by atoms with E-state index in [-0.39, 0.29) is 0 Å². The Morgan fingerprint density at radius 3 is 2.59 bits per heavy atom. The molecule has 5 heteroatoms. The van der Waals surface area contributed by atoms with Crippen LogP contribution in [0.4, 0.5) is 11.5 Å². The minimum atomic E-state index is 0.374. The lowest BCUT2D eigenvalue weighted by Crippen LogP contribution is -2.08. The number of nitrogens with two attached hydrogens (primary N) is 1. The van der Waals surface area contributed by atoms with Gasteiger partial charge in [-0.3, -0.25) is 0 Å². The summed E-state index contributed by atoms with van der Waals surface area (Å²) < 4.78 is 5.57. The first-order valence-corrected chi connectivity index (χ1v) is 5.19. The maximum Gasteiger partial charge on any atom is 0.238 e. The van der Waals surface area contributed by atoms with Crippen LogP contribution in [0.3, 0.4) is 0 Å². The topological polar surface area (TPSA) is 64.3 Å². The molecule has 0 amide bonds. The molecule has 0 radical (unpaired) electrons. The molecule has 2 aromatic rings. The lowest BCUT2D eigenvalue weighted by atomic mass is 10.3. The van der Waals surface area contributed by atoms with E-state index in [1.807, 2.05) is 43.3 Å². The van der Waals surface area contributed by atoms with E-state index in [1.54, 1.807) is 12.1 Å².